The Balaban J connectivity index is 1.97. The third-order valence-electron chi connectivity index (χ3n) is 3.49. The van der Waals surface area contributed by atoms with Crippen LogP contribution in [0.5, 0.6) is 5.75 Å². The highest BCUT2D eigenvalue weighted by atomic mass is 16.5. The minimum Gasteiger partial charge on any atom is -0.495 e. The first-order valence-corrected chi connectivity index (χ1v) is 7.30. The SMILES string of the molecule is COc1ccc(C)cc1NC(=O)CN1C[C@@H](C)O[C@@H](C)C1. The van der Waals surface area contributed by atoms with Crippen molar-refractivity contribution < 1.29 is 14.3 Å². The lowest BCUT2D eigenvalue weighted by molar-refractivity contribution is -0.121. The van der Waals surface area contributed by atoms with E-state index >= 15 is 0 Å². The predicted molar refractivity (Wildman–Crippen MR) is 82.8 cm³/mol. The number of rotatable bonds is 4. The van der Waals surface area contributed by atoms with Crippen LogP contribution in [0.15, 0.2) is 18.2 Å². The summed E-state index contributed by atoms with van der Waals surface area (Å²) in [5.41, 5.74) is 1.80. The quantitative estimate of drug-likeness (QED) is 0.923. The van der Waals surface area contributed by atoms with Crippen molar-refractivity contribution >= 4 is 11.6 Å². The van der Waals surface area contributed by atoms with E-state index in [-0.39, 0.29) is 18.1 Å². The van der Waals surface area contributed by atoms with Crippen LogP contribution in [0, 0.1) is 6.92 Å². The molecule has 0 spiro atoms. The van der Waals surface area contributed by atoms with Crippen LogP contribution in [0.25, 0.3) is 0 Å². The van der Waals surface area contributed by atoms with Gasteiger partial charge in [-0.15, -0.1) is 0 Å². The van der Waals surface area contributed by atoms with Gasteiger partial charge in [0, 0.05) is 13.1 Å². The fraction of sp³-hybridized carbons (Fsp3) is 0.562. The molecule has 0 radical (unpaired) electrons. The maximum absolute atomic E-state index is 12.2. The largest absolute Gasteiger partial charge is 0.495 e. The van der Waals surface area contributed by atoms with E-state index in [9.17, 15) is 4.79 Å². The Morgan fingerprint density at radius 1 is 1.38 bits per heavy atom. The van der Waals surface area contributed by atoms with Crippen molar-refractivity contribution in [3.05, 3.63) is 23.8 Å². The van der Waals surface area contributed by atoms with Gasteiger partial charge < -0.3 is 14.8 Å². The summed E-state index contributed by atoms with van der Waals surface area (Å²) < 4.78 is 11.0. The first-order chi connectivity index (χ1) is 9.97. The van der Waals surface area contributed by atoms with E-state index in [1.807, 2.05) is 39.0 Å². The first-order valence-electron chi connectivity index (χ1n) is 7.30. The fourth-order valence-electron chi connectivity index (χ4n) is 2.73. The average molecular weight is 292 g/mol. The predicted octanol–water partition coefficient (Wildman–Crippen LogP) is 2.05. The first kappa shape index (κ1) is 15.8. The molecule has 1 amide bonds. The number of anilines is 1. The minimum absolute atomic E-state index is 0.0276. The summed E-state index contributed by atoms with van der Waals surface area (Å²) in [5, 5.41) is 2.93. The van der Waals surface area contributed by atoms with Gasteiger partial charge in [-0.05, 0) is 38.5 Å². The van der Waals surface area contributed by atoms with Crippen molar-refractivity contribution in [3.63, 3.8) is 0 Å². The molecule has 1 N–H and O–H groups in total. The molecule has 0 saturated carbocycles. The molecule has 2 rings (SSSR count). The average Bonchev–Trinajstić information content (AvgIpc) is 2.37. The lowest BCUT2D eigenvalue weighted by atomic mass is 10.2. The molecule has 1 fully saturated rings. The van der Waals surface area contributed by atoms with Gasteiger partial charge in [0.1, 0.15) is 5.75 Å². The molecule has 1 aliphatic rings. The van der Waals surface area contributed by atoms with Crippen LogP contribution < -0.4 is 10.1 Å². The van der Waals surface area contributed by atoms with Crippen molar-refractivity contribution in [3.8, 4) is 5.75 Å². The molecule has 21 heavy (non-hydrogen) atoms. The van der Waals surface area contributed by atoms with Crippen LogP contribution in [0.1, 0.15) is 19.4 Å². The number of aryl methyl sites for hydroxylation is 1. The van der Waals surface area contributed by atoms with Crippen LogP contribution >= 0.6 is 0 Å². The number of benzene rings is 1. The topological polar surface area (TPSA) is 50.8 Å². The highest BCUT2D eigenvalue weighted by Gasteiger charge is 2.23. The van der Waals surface area contributed by atoms with Crippen molar-refractivity contribution in [2.24, 2.45) is 0 Å². The molecular weight excluding hydrogens is 268 g/mol. The summed E-state index contributed by atoms with van der Waals surface area (Å²) in [5.74, 6) is 0.651. The van der Waals surface area contributed by atoms with Crippen molar-refractivity contribution in [1.29, 1.82) is 0 Å². The normalized spacial score (nSPS) is 22.9. The third-order valence-corrected chi connectivity index (χ3v) is 3.49. The van der Waals surface area contributed by atoms with Crippen LogP contribution in [-0.4, -0.2) is 49.8 Å². The van der Waals surface area contributed by atoms with Gasteiger partial charge >= 0.3 is 0 Å². The van der Waals surface area contributed by atoms with Gasteiger partial charge in [0.05, 0.1) is 31.5 Å². The van der Waals surface area contributed by atoms with E-state index in [1.165, 1.54) is 0 Å². The van der Waals surface area contributed by atoms with Crippen molar-refractivity contribution in [2.45, 2.75) is 33.0 Å². The maximum Gasteiger partial charge on any atom is 0.238 e. The second-order valence-electron chi connectivity index (χ2n) is 5.70. The molecule has 5 nitrogen and oxygen atoms in total. The minimum atomic E-state index is -0.0276. The zero-order valence-corrected chi connectivity index (χ0v) is 13.2. The van der Waals surface area contributed by atoms with Gasteiger partial charge in [-0.2, -0.15) is 0 Å². The number of hydrogen-bond donors (Lipinski definition) is 1. The Labute approximate surface area is 126 Å². The molecule has 0 bridgehead atoms. The fourth-order valence-corrected chi connectivity index (χ4v) is 2.73. The molecule has 0 aliphatic carbocycles. The number of nitrogens with one attached hydrogen (secondary N) is 1. The van der Waals surface area contributed by atoms with Crippen LogP contribution in [0.2, 0.25) is 0 Å². The van der Waals surface area contributed by atoms with Gasteiger partial charge in [0.2, 0.25) is 5.91 Å². The highest BCUT2D eigenvalue weighted by molar-refractivity contribution is 5.93. The molecule has 1 aliphatic heterocycles. The number of ether oxygens (including phenoxy) is 2. The van der Waals surface area contributed by atoms with Gasteiger partial charge in [0.15, 0.2) is 0 Å². The van der Waals surface area contributed by atoms with E-state index in [0.717, 1.165) is 24.3 Å². The van der Waals surface area contributed by atoms with E-state index in [2.05, 4.69) is 10.2 Å². The molecule has 2 atom stereocenters. The van der Waals surface area contributed by atoms with Crippen molar-refractivity contribution in [1.82, 2.24) is 4.90 Å². The third kappa shape index (κ3) is 4.44. The summed E-state index contributed by atoms with van der Waals surface area (Å²) in [6.07, 6.45) is 0.324. The molecule has 116 valence electrons. The number of amides is 1. The number of morpholine rings is 1. The summed E-state index contributed by atoms with van der Waals surface area (Å²) in [7, 11) is 1.60. The molecule has 0 aromatic heterocycles. The smallest absolute Gasteiger partial charge is 0.238 e. The van der Waals surface area contributed by atoms with Crippen LogP contribution in [0.4, 0.5) is 5.69 Å². The Bertz CT molecular complexity index is 494. The molecule has 5 heteroatoms. The van der Waals surface area contributed by atoms with E-state index < -0.39 is 0 Å². The lowest BCUT2D eigenvalue weighted by Crippen LogP contribution is -2.48. The summed E-state index contributed by atoms with van der Waals surface area (Å²) in [4.78, 5) is 14.3. The second kappa shape index (κ2) is 6.91. The van der Waals surface area contributed by atoms with E-state index in [0.29, 0.717) is 12.3 Å². The molecule has 1 heterocycles. The van der Waals surface area contributed by atoms with Gasteiger partial charge in [0.25, 0.3) is 0 Å². The van der Waals surface area contributed by atoms with Crippen LogP contribution in [-0.2, 0) is 9.53 Å². The highest BCUT2D eigenvalue weighted by Crippen LogP contribution is 2.25. The summed E-state index contributed by atoms with van der Waals surface area (Å²) in [6, 6.07) is 5.74. The van der Waals surface area contributed by atoms with E-state index in [1.54, 1.807) is 7.11 Å². The molecule has 1 aromatic carbocycles. The molecular formula is C16H24N2O3. The Morgan fingerprint density at radius 3 is 2.67 bits per heavy atom. The summed E-state index contributed by atoms with van der Waals surface area (Å²) in [6.45, 7) is 7.98. The van der Waals surface area contributed by atoms with Crippen LogP contribution in [0.3, 0.4) is 0 Å². The summed E-state index contributed by atoms with van der Waals surface area (Å²) >= 11 is 0. The standard InChI is InChI=1S/C16H24N2O3/c1-11-5-6-15(20-4)14(7-11)17-16(19)10-18-8-12(2)21-13(3)9-18/h5-7,12-13H,8-10H2,1-4H3,(H,17,19)/t12-,13+. The monoisotopic (exact) mass is 292 g/mol. The molecule has 1 saturated heterocycles. The van der Waals surface area contributed by atoms with Gasteiger partial charge in [-0.25, -0.2) is 0 Å². The Kier molecular flexibility index (Phi) is 5.20. The molecule has 1 aromatic rings. The zero-order chi connectivity index (χ0) is 15.4. The number of carbonyl (C=O) groups is 1. The number of carbonyl (C=O) groups excluding carboxylic acids is 1. The van der Waals surface area contributed by atoms with Crippen molar-refractivity contribution in [2.75, 3.05) is 32.1 Å². The molecule has 0 unspecified atom stereocenters. The second-order valence-corrected chi connectivity index (χ2v) is 5.70. The number of nitrogens with zero attached hydrogens (tertiary/aromatic N) is 1. The maximum atomic E-state index is 12.2. The number of methoxy groups -OCH3 is 1. The zero-order valence-electron chi connectivity index (χ0n) is 13.2. The number of hydrogen-bond acceptors (Lipinski definition) is 4. The van der Waals surface area contributed by atoms with Gasteiger partial charge in [-0.1, -0.05) is 6.07 Å². The lowest BCUT2D eigenvalue weighted by Gasteiger charge is -2.34. The Morgan fingerprint density at radius 2 is 2.05 bits per heavy atom. The van der Waals surface area contributed by atoms with Gasteiger partial charge in [-0.3, -0.25) is 9.69 Å². The Hall–Kier alpha value is -1.59. The van der Waals surface area contributed by atoms with E-state index in [4.69, 9.17) is 9.47 Å².